The minimum absolute atomic E-state index is 0.0705. The van der Waals surface area contributed by atoms with Crippen molar-refractivity contribution in [3.8, 4) is 5.69 Å². The van der Waals surface area contributed by atoms with Gasteiger partial charge in [0.25, 0.3) is 5.91 Å². The topological polar surface area (TPSA) is 67.2 Å². The summed E-state index contributed by atoms with van der Waals surface area (Å²) in [5, 5.41) is 7.25. The molecule has 1 saturated heterocycles. The number of amides is 1. The third kappa shape index (κ3) is 4.45. The van der Waals surface area contributed by atoms with E-state index < -0.39 is 5.91 Å². The first-order valence-corrected chi connectivity index (χ1v) is 9.58. The van der Waals surface area contributed by atoms with E-state index in [1.165, 1.54) is 25.3 Å². The van der Waals surface area contributed by atoms with Crippen LogP contribution in [0.2, 0.25) is 0 Å². The molecule has 0 unspecified atom stereocenters. The van der Waals surface area contributed by atoms with E-state index in [1.807, 2.05) is 37.3 Å². The summed E-state index contributed by atoms with van der Waals surface area (Å²) in [6.45, 7) is 8.64. The molecule has 1 aromatic carbocycles. The normalized spacial score (nSPS) is 15.5. The molecule has 0 aliphatic carbocycles. The first kappa shape index (κ1) is 19.3. The number of likely N-dealkylation sites (tertiary alicyclic amines) is 1. The molecule has 1 aliphatic rings. The second-order valence-corrected chi connectivity index (χ2v) is 7.79. The molecule has 0 radical (unpaired) electrons. The van der Waals surface area contributed by atoms with Gasteiger partial charge in [0.05, 0.1) is 5.69 Å². The second-order valence-electron chi connectivity index (χ2n) is 7.79. The Balaban J connectivity index is 1.77. The molecule has 0 saturated carbocycles. The van der Waals surface area contributed by atoms with Crippen molar-refractivity contribution in [2.24, 2.45) is 0 Å². The zero-order valence-electron chi connectivity index (χ0n) is 16.4. The molecule has 144 valence electrons. The standard InChI is InChI=1S/C21H28N4O2/c1-16-14-18(26)19(23-25(16)17-10-6-4-7-11-17)20(27)22-15-21(2,3)24-12-8-5-9-13-24/h4,6-7,10-11,14H,5,8-9,12-13,15H2,1-3H3,(H,22,27). The Labute approximate surface area is 160 Å². The SMILES string of the molecule is Cc1cc(=O)c(C(=O)NCC(C)(C)N2CCCCC2)nn1-c1ccccc1. The van der Waals surface area contributed by atoms with Gasteiger partial charge in [-0.15, -0.1) is 0 Å². The molecule has 2 aromatic rings. The number of nitrogens with one attached hydrogen (secondary N) is 1. The van der Waals surface area contributed by atoms with E-state index in [0.717, 1.165) is 18.8 Å². The molecule has 0 atom stereocenters. The predicted molar refractivity (Wildman–Crippen MR) is 106 cm³/mol. The third-order valence-electron chi connectivity index (χ3n) is 5.22. The molecule has 1 N–H and O–H groups in total. The van der Waals surface area contributed by atoms with Crippen LogP contribution in [0.3, 0.4) is 0 Å². The van der Waals surface area contributed by atoms with Gasteiger partial charge >= 0.3 is 0 Å². The lowest BCUT2D eigenvalue weighted by molar-refractivity contribution is 0.0792. The lowest BCUT2D eigenvalue weighted by atomic mass is 9.98. The Morgan fingerprint density at radius 1 is 1.15 bits per heavy atom. The number of benzene rings is 1. The monoisotopic (exact) mass is 368 g/mol. The molecule has 0 spiro atoms. The summed E-state index contributed by atoms with van der Waals surface area (Å²) in [6, 6.07) is 11.0. The van der Waals surface area contributed by atoms with E-state index in [1.54, 1.807) is 4.68 Å². The Bertz CT molecular complexity index is 852. The zero-order valence-corrected chi connectivity index (χ0v) is 16.4. The average Bonchev–Trinajstić information content (AvgIpc) is 2.68. The summed E-state index contributed by atoms with van der Waals surface area (Å²) in [5.41, 5.74) is 0.931. The van der Waals surface area contributed by atoms with Crippen molar-refractivity contribution in [3.63, 3.8) is 0 Å². The van der Waals surface area contributed by atoms with Crippen molar-refractivity contribution in [2.45, 2.75) is 45.6 Å². The summed E-state index contributed by atoms with van der Waals surface area (Å²) in [7, 11) is 0. The number of hydrogen-bond donors (Lipinski definition) is 1. The number of aryl methyl sites for hydroxylation is 1. The van der Waals surface area contributed by atoms with E-state index in [9.17, 15) is 9.59 Å². The predicted octanol–water partition coefficient (Wildman–Crippen LogP) is 2.54. The van der Waals surface area contributed by atoms with Gasteiger partial charge in [0, 0.05) is 23.8 Å². The van der Waals surface area contributed by atoms with Gasteiger partial charge in [-0.25, -0.2) is 4.68 Å². The highest BCUT2D eigenvalue weighted by Crippen LogP contribution is 2.19. The Morgan fingerprint density at radius 2 is 1.81 bits per heavy atom. The fourth-order valence-electron chi connectivity index (χ4n) is 3.53. The summed E-state index contributed by atoms with van der Waals surface area (Å²) in [5.74, 6) is -0.422. The molecule has 27 heavy (non-hydrogen) atoms. The molecule has 6 heteroatoms. The van der Waals surface area contributed by atoms with E-state index >= 15 is 0 Å². The van der Waals surface area contributed by atoms with Crippen LogP contribution >= 0.6 is 0 Å². The van der Waals surface area contributed by atoms with Gasteiger partial charge in [-0.05, 0) is 58.8 Å². The highest BCUT2D eigenvalue weighted by molar-refractivity contribution is 5.92. The molecule has 0 bridgehead atoms. The second kappa shape index (κ2) is 8.05. The van der Waals surface area contributed by atoms with Gasteiger partial charge in [0.2, 0.25) is 5.43 Å². The largest absolute Gasteiger partial charge is 0.349 e. The van der Waals surface area contributed by atoms with Gasteiger partial charge in [-0.1, -0.05) is 24.6 Å². The first-order valence-electron chi connectivity index (χ1n) is 9.58. The summed E-state index contributed by atoms with van der Waals surface area (Å²) in [6.07, 6.45) is 3.66. The number of rotatable bonds is 5. The minimum atomic E-state index is -0.422. The molecule has 1 fully saturated rings. The first-order chi connectivity index (χ1) is 12.9. The van der Waals surface area contributed by atoms with Crippen LogP contribution in [-0.4, -0.2) is 45.8 Å². The Hall–Kier alpha value is -2.47. The Kier molecular flexibility index (Phi) is 5.75. The molecular weight excluding hydrogens is 340 g/mol. The van der Waals surface area contributed by atoms with Crippen LogP contribution in [-0.2, 0) is 0 Å². The lowest BCUT2D eigenvalue weighted by Gasteiger charge is -2.41. The van der Waals surface area contributed by atoms with Crippen LogP contribution in [0.5, 0.6) is 0 Å². The van der Waals surface area contributed by atoms with E-state index in [0.29, 0.717) is 12.2 Å². The molecule has 1 aliphatic heterocycles. The van der Waals surface area contributed by atoms with Crippen LogP contribution in [0.4, 0.5) is 0 Å². The van der Waals surface area contributed by atoms with Gasteiger partial charge in [0.1, 0.15) is 0 Å². The summed E-state index contributed by atoms with van der Waals surface area (Å²) < 4.78 is 1.63. The van der Waals surface area contributed by atoms with E-state index in [4.69, 9.17) is 0 Å². The molecule has 1 aromatic heterocycles. The molecule has 1 amide bonds. The number of carbonyl (C=O) groups is 1. The average molecular weight is 368 g/mol. The van der Waals surface area contributed by atoms with Crippen LogP contribution in [0, 0.1) is 6.92 Å². The van der Waals surface area contributed by atoms with Gasteiger partial charge in [-0.3, -0.25) is 14.5 Å². The third-order valence-corrected chi connectivity index (χ3v) is 5.22. The zero-order chi connectivity index (χ0) is 19.4. The van der Waals surface area contributed by atoms with Crippen molar-refractivity contribution in [1.29, 1.82) is 0 Å². The smallest absolute Gasteiger partial charge is 0.275 e. The van der Waals surface area contributed by atoms with Crippen molar-refractivity contribution in [3.05, 3.63) is 58.0 Å². The highest BCUT2D eigenvalue weighted by Gasteiger charge is 2.29. The van der Waals surface area contributed by atoms with Crippen molar-refractivity contribution >= 4 is 5.91 Å². The maximum absolute atomic E-state index is 12.7. The van der Waals surface area contributed by atoms with Gasteiger partial charge in [-0.2, -0.15) is 5.10 Å². The Morgan fingerprint density at radius 3 is 2.48 bits per heavy atom. The quantitative estimate of drug-likeness (QED) is 0.881. The number of piperidine rings is 1. The summed E-state index contributed by atoms with van der Waals surface area (Å²) >= 11 is 0. The van der Waals surface area contributed by atoms with Crippen molar-refractivity contribution in [1.82, 2.24) is 20.0 Å². The van der Waals surface area contributed by atoms with E-state index in [-0.39, 0.29) is 16.7 Å². The van der Waals surface area contributed by atoms with Crippen molar-refractivity contribution < 1.29 is 4.79 Å². The molecule has 2 heterocycles. The van der Waals surface area contributed by atoms with Crippen LogP contribution in [0.15, 0.2) is 41.2 Å². The number of hydrogen-bond acceptors (Lipinski definition) is 4. The van der Waals surface area contributed by atoms with Crippen LogP contribution in [0.1, 0.15) is 49.3 Å². The van der Waals surface area contributed by atoms with Gasteiger partial charge in [0.15, 0.2) is 5.69 Å². The van der Waals surface area contributed by atoms with Crippen LogP contribution in [0.25, 0.3) is 5.69 Å². The van der Waals surface area contributed by atoms with Crippen LogP contribution < -0.4 is 10.7 Å². The minimum Gasteiger partial charge on any atom is -0.349 e. The summed E-state index contributed by atoms with van der Waals surface area (Å²) in [4.78, 5) is 27.4. The highest BCUT2D eigenvalue weighted by atomic mass is 16.2. The lowest BCUT2D eigenvalue weighted by Crippen LogP contribution is -2.53. The van der Waals surface area contributed by atoms with Gasteiger partial charge < -0.3 is 5.32 Å². The fourth-order valence-corrected chi connectivity index (χ4v) is 3.53. The fraction of sp³-hybridized carbons (Fsp3) is 0.476. The molecule has 6 nitrogen and oxygen atoms in total. The number of para-hydroxylation sites is 1. The maximum atomic E-state index is 12.7. The maximum Gasteiger partial charge on any atom is 0.275 e. The van der Waals surface area contributed by atoms with E-state index in [2.05, 4.69) is 29.2 Å². The van der Waals surface area contributed by atoms with Crippen molar-refractivity contribution in [2.75, 3.05) is 19.6 Å². The molecule has 3 rings (SSSR count). The molecular formula is C21H28N4O2. The number of carbonyl (C=O) groups excluding carboxylic acids is 1. The number of aromatic nitrogens is 2. The number of nitrogens with zero attached hydrogens (tertiary/aromatic N) is 3.